The third-order valence-corrected chi connectivity index (χ3v) is 7.87. The van der Waals surface area contributed by atoms with Gasteiger partial charge in [-0.3, -0.25) is 14.5 Å². The Hall–Kier alpha value is -2.39. The number of Topliss-reactive ketones (excluding diaryl/α,β-unsaturated/α-hetero) is 1. The number of aliphatic hydroxyl groups is 1. The molecule has 0 bridgehead atoms. The van der Waals surface area contributed by atoms with E-state index in [1.807, 2.05) is 11.9 Å². The maximum absolute atomic E-state index is 15.6. The fraction of sp³-hybridized carbons (Fsp3) is 0.481. The summed E-state index contributed by atoms with van der Waals surface area (Å²) in [5, 5.41) is 9.81. The van der Waals surface area contributed by atoms with E-state index < -0.39 is 29.9 Å². The van der Waals surface area contributed by atoms with Crippen LogP contribution in [0.25, 0.3) is 11.1 Å². The second kappa shape index (κ2) is 9.82. The minimum absolute atomic E-state index is 0.0491. The molecule has 0 aromatic heterocycles. The van der Waals surface area contributed by atoms with Crippen molar-refractivity contribution in [3.8, 4) is 11.1 Å². The number of aliphatic hydroxyl groups excluding tert-OH is 1. The summed E-state index contributed by atoms with van der Waals surface area (Å²) in [5.41, 5.74) is 3.12. The van der Waals surface area contributed by atoms with Crippen molar-refractivity contribution in [3.63, 3.8) is 0 Å². The average Bonchev–Trinajstić information content (AvgIpc) is 3.61. The smallest absolute Gasteiger partial charge is 0.237 e. The highest BCUT2D eigenvalue weighted by molar-refractivity contribution is 6.27. The van der Waals surface area contributed by atoms with Gasteiger partial charge in [-0.1, -0.05) is 6.07 Å². The van der Waals surface area contributed by atoms with E-state index in [2.05, 4.69) is 0 Å². The van der Waals surface area contributed by atoms with Crippen LogP contribution in [0.15, 0.2) is 24.3 Å². The van der Waals surface area contributed by atoms with Crippen molar-refractivity contribution in [2.75, 3.05) is 32.6 Å². The van der Waals surface area contributed by atoms with E-state index in [0.29, 0.717) is 41.8 Å². The van der Waals surface area contributed by atoms with E-state index in [0.717, 1.165) is 5.56 Å². The number of halogens is 3. The topological polar surface area (TPSA) is 70.1 Å². The van der Waals surface area contributed by atoms with Crippen molar-refractivity contribution in [2.24, 2.45) is 5.92 Å². The molecule has 1 N–H and O–H groups in total. The molecule has 192 valence electrons. The summed E-state index contributed by atoms with van der Waals surface area (Å²) in [6, 6.07) is 5.57. The first-order chi connectivity index (χ1) is 17.2. The van der Waals surface area contributed by atoms with Gasteiger partial charge in [-0.05, 0) is 72.8 Å². The van der Waals surface area contributed by atoms with Crippen LogP contribution < -0.4 is 0 Å². The molecule has 0 spiro atoms. The minimum atomic E-state index is -0.612. The molecule has 6 nitrogen and oxygen atoms in total. The Kier molecular flexibility index (Phi) is 6.89. The summed E-state index contributed by atoms with van der Waals surface area (Å²) in [7, 11) is 1.85. The molecule has 2 aromatic carbocycles. The number of benzene rings is 2. The summed E-state index contributed by atoms with van der Waals surface area (Å²) in [5.74, 6) is -1.79. The zero-order valence-corrected chi connectivity index (χ0v) is 21.0. The van der Waals surface area contributed by atoms with Gasteiger partial charge in [-0.25, -0.2) is 8.78 Å². The van der Waals surface area contributed by atoms with Crippen LogP contribution >= 0.6 is 11.6 Å². The Balaban J connectivity index is 1.59. The van der Waals surface area contributed by atoms with Gasteiger partial charge in [0, 0.05) is 24.6 Å². The highest BCUT2D eigenvalue weighted by Crippen LogP contribution is 2.42. The quantitative estimate of drug-likeness (QED) is 0.615. The first-order valence-electron chi connectivity index (χ1n) is 12.2. The van der Waals surface area contributed by atoms with Gasteiger partial charge in [0.15, 0.2) is 5.78 Å². The molecule has 9 heteroatoms. The number of amides is 1. The lowest BCUT2D eigenvalue weighted by Crippen LogP contribution is -2.44. The van der Waals surface area contributed by atoms with Gasteiger partial charge in [-0.2, -0.15) is 0 Å². The first kappa shape index (κ1) is 25.3. The highest BCUT2D eigenvalue weighted by Gasteiger charge is 2.46. The van der Waals surface area contributed by atoms with Crippen LogP contribution in [0.3, 0.4) is 0 Å². The van der Waals surface area contributed by atoms with Gasteiger partial charge < -0.3 is 14.7 Å². The number of likely N-dealkylation sites (N-methyl/N-ethyl adjacent to an activating group) is 1. The molecule has 2 fully saturated rings. The molecular weight excluding hydrogens is 490 g/mol. The third-order valence-electron chi connectivity index (χ3n) is 7.64. The summed E-state index contributed by atoms with van der Waals surface area (Å²) < 4.78 is 36.5. The van der Waals surface area contributed by atoms with Crippen molar-refractivity contribution in [1.82, 2.24) is 9.80 Å². The molecule has 2 aliphatic heterocycles. The number of nitrogens with zero attached hydrogens (tertiary/aromatic N) is 2. The fourth-order valence-corrected chi connectivity index (χ4v) is 5.62. The van der Waals surface area contributed by atoms with Crippen molar-refractivity contribution < 1.29 is 28.2 Å². The fourth-order valence-electron chi connectivity index (χ4n) is 5.45. The zero-order chi connectivity index (χ0) is 25.7. The van der Waals surface area contributed by atoms with Crippen LogP contribution in [-0.2, 0) is 27.3 Å². The van der Waals surface area contributed by atoms with E-state index in [-0.39, 0.29) is 48.6 Å². The maximum atomic E-state index is 15.6. The number of alkyl halides is 1. The molecule has 4 atom stereocenters. The van der Waals surface area contributed by atoms with Gasteiger partial charge in [0.05, 0.1) is 25.3 Å². The Morgan fingerprint density at radius 2 is 1.97 bits per heavy atom. The van der Waals surface area contributed by atoms with Crippen LogP contribution in [0.1, 0.15) is 34.8 Å². The van der Waals surface area contributed by atoms with E-state index in [1.54, 1.807) is 24.0 Å². The molecule has 0 radical (unpaired) electrons. The Morgan fingerprint density at radius 1 is 1.22 bits per heavy atom. The molecule has 1 aliphatic carbocycles. The summed E-state index contributed by atoms with van der Waals surface area (Å²) in [4.78, 5) is 28.8. The Bertz CT molecular complexity index is 1220. The molecule has 1 saturated carbocycles. The normalized spacial score (nSPS) is 26.0. The number of fused-ring (bicyclic) bond motifs is 1. The largest absolute Gasteiger partial charge is 0.392 e. The van der Waals surface area contributed by atoms with E-state index in [1.165, 1.54) is 12.1 Å². The minimum Gasteiger partial charge on any atom is -0.392 e. The number of hydrogen-bond donors (Lipinski definition) is 1. The molecule has 5 rings (SSSR count). The number of ketones is 1. The highest BCUT2D eigenvalue weighted by atomic mass is 35.5. The van der Waals surface area contributed by atoms with Gasteiger partial charge in [0.2, 0.25) is 5.91 Å². The number of morpholine rings is 1. The van der Waals surface area contributed by atoms with Crippen molar-refractivity contribution in [2.45, 2.75) is 44.6 Å². The average molecular weight is 519 g/mol. The number of ether oxygens (including phenoxy) is 1. The van der Waals surface area contributed by atoms with E-state index in [9.17, 15) is 19.1 Å². The van der Waals surface area contributed by atoms with Crippen LogP contribution in [0.5, 0.6) is 0 Å². The molecule has 2 aromatic rings. The summed E-state index contributed by atoms with van der Waals surface area (Å²) in [6.45, 7) is 2.97. The Labute approximate surface area is 213 Å². The molecule has 2 heterocycles. The summed E-state index contributed by atoms with van der Waals surface area (Å²) >= 11 is 5.76. The van der Waals surface area contributed by atoms with Crippen LogP contribution in [0, 0.1) is 24.5 Å². The first-order valence-corrected chi connectivity index (χ1v) is 12.7. The van der Waals surface area contributed by atoms with E-state index >= 15 is 4.39 Å². The number of carbonyl (C=O) groups is 2. The van der Waals surface area contributed by atoms with Crippen molar-refractivity contribution >= 4 is 23.3 Å². The summed E-state index contributed by atoms with van der Waals surface area (Å²) in [6.07, 6.45) is -0.478. The number of rotatable bonds is 5. The monoisotopic (exact) mass is 518 g/mol. The molecule has 1 amide bonds. The van der Waals surface area contributed by atoms with Crippen LogP contribution in [-0.4, -0.2) is 71.4 Å². The lowest BCUT2D eigenvalue weighted by Gasteiger charge is -2.36. The van der Waals surface area contributed by atoms with Gasteiger partial charge >= 0.3 is 0 Å². The predicted octanol–water partition coefficient (Wildman–Crippen LogP) is 3.39. The molecule has 36 heavy (non-hydrogen) atoms. The van der Waals surface area contributed by atoms with Crippen molar-refractivity contribution in [1.29, 1.82) is 0 Å². The maximum Gasteiger partial charge on any atom is 0.237 e. The standard InChI is InChI=1S/C27H29ClF2N2O4/c1-14-7-17(24-13-32(5-6-36-24)25(34)11-28)18(8-21(14)30)26-16-9-22(27(35)19-10-23(19)33)31(2)12-15(16)3-4-20(26)29/h3-4,7-8,19,22-24,33H,5-6,9-13H2,1-2H3/t19-,22-,23-,24-/m0/s1. The molecular formula is C27H29ClF2N2O4. The SMILES string of the molecule is Cc1cc([C@@H]2CN(C(=O)CCl)CCO2)c(-c2c(F)ccc3c2C[C@@H](C(=O)[C@H]2C[C@@H]2O)N(C)C3)cc1F. The van der Waals surface area contributed by atoms with Crippen LogP contribution in [0.2, 0.25) is 0 Å². The zero-order valence-electron chi connectivity index (χ0n) is 20.3. The second-order valence-electron chi connectivity index (χ2n) is 10.0. The third kappa shape index (κ3) is 4.56. The van der Waals surface area contributed by atoms with Crippen LogP contribution in [0.4, 0.5) is 8.78 Å². The molecule has 0 unspecified atom stereocenters. The van der Waals surface area contributed by atoms with Gasteiger partial charge in [0.1, 0.15) is 23.6 Å². The number of aryl methyl sites for hydroxylation is 1. The Morgan fingerprint density at radius 3 is 2.67 bits per heavy atom. The van der Waals surface area contributed by atoms with Gasteiger partial charge in [0.25, 0.3) is 0 Å². The molecule has 3 aliphatic rings. The van der Waals surface area contributed by atoms with E-state index in [4.69, 9.17) is 16.3 Å². The van der Waals surface area contributed by atoms with Crippen molar-refractivity contribution in [3.05, 3.63) is 58.2 Å². The van der Waals surface area contributed by atoms with Gasteiger partial charge in [-0.15, -0.1) is 11.6 Å². The number of hydrogen-bond acceptors (Lipinski definition) is 5. The lowest BCUT2D eigenvalue weighted by atomic mass is 9.83. The predicted molar refractivity (Wildman–Crippen MR) is 131 cm³/mol. The molecule has 1 saturated heterocycles. The number of carbonyl (C=O) groups excluding carboxylic acids is 2. The second-order valence-corrected chi connectivity index (χ2v) is 10.3. The lowest BCUT2D eigenvalue weighted by molar-refractivity contribution is -0.136.